The SMILES string of the molecule is C#CCOCCOCCNCCCC(CCC(=O)NCCOCCOCC#C)(CCC(=O)NCCOCCOCC#C)NC(=O)c1ccc(-c2ccc(OP(OCCC#N)N(C(C)C)C(C)C)cc2)cc1. The monoisotopic (exact) mass is 1000 g/mol. The lowest BCUT2D eigenvalue weighted by molar-refractivity contribution is -0.121. The molecule has 3 amide bonds. The van der Waals surface area contributed by atoms with Gasteiger partial charge in [0.15, 0.2) is 0 Å². The number of benzene rings is 2. The van der Waals surface area contributed by atoms with Crippen LogP contribution in [-0.2, 0) is 42.5 Å². The van der Waals surface area contributed by atoms with Crippen molar-refractivity contribution in [2.45, 2.75) is 90.3 Å². The lowest BCUT2D eigenvalue weighted by Crippen LogP contribution is -2.50. The number of nitrogens with one attached hydrogen (secondary N) is 4. The molecule has 390 valence electrons. The summed E-state index contributed by atoms with van der Waals surface area (Å²) in [5.41, 5.74) is 1.27. The van der Waals surface area contributed by atoms with Gasteiger partial charge in [-0.1, -0.05) is 42.0 Å². The van der Waals surface area contributed by atoms with Gasteiger partial charge in [-0.3, -0.25) is 14.4 Å². The Bertz CT molecular complexity index is 1890. The molecule has 2 aromatic carbocycles. The molecule has 0 aliphatic rings. The zero-order valence-electron chi connectivity index (χ0n) is 42.3. The number of nitrogens with zero attached hydrogens (tertiary/aromatic N) is 2. The summed E-state index contributed by atoms with van der Waals surface area (Å²) in [5, 5.41) is 21.6. The summed E-state index contributed by atoms with van der Waals surface area (Å²) in [6.45, 7) is 14.2. The van der Waals surface area contributed by atoms with E-state index in [2.05, 4.69) is 77.5 Å². The maximum absolute atomic E-state index is 14.3. The summed E-state index contributed by atoms with van der Waals surface area (Å²) in [6, 6.07) is 17.4. The van der Waals surface area contributed by atoms with Gasteiger partial charge in [-0.15, -0.1) is 19.3 Å². The number of carbonyl (C=O) groups is 3. The normalized spacial score (nSPS) is 11.6. The van der Waals surface area contributed by atoms with Gasteiger partial charge in [0.05, 0.1) is 78.6 Å². The van der Waals surface area contributed by atoms with Crippen LogP contribution in [0, 0.1) is 48.4 Å². The molecule has 0 saturated heterocycles. The Morgan fingerprint density at radius 3 is 1.55 bits per heavy atom. The van der Waals surface area contributed by atoms with Crippen molar-refractivity contribution in [3.05, 3.63) is 54.1 Å². The number of amides is 3. The molecule has 0 bridgehead atoms. The lowest BCUT2D eigenvalue weighted by Gasteiger charge is -2.35. The van der Waals surface area contributed by atoms with E-state index < -0.39 is 14.1 Å². The maximum Gasteiger partial charge on any atom is 0.321 e. The molecule has 17 nitrogen and oxygen atoms in total. The van der Waals surface area contributed by atoms with E-state index in [0.29, 0.717) is 83.5 Å². The number of carbonyl (C=O) groups excluding carboxylic acids is 3. The van der Waals surface area contributed by atoms with E-state index in [4.69, 9.17) is 62.0 Å². The highest BCUT2D eigenvalue weighted by Gasteiger charge is 2.33. The molecule has 0 spiro atoms. The second-order valence-corrected chi connectivity index (χ2v) is 18.0. The fourth-order valence-corrected chi connectivity index (χ4v) is 8.64. The second kappa shape index (κ2) is 39.5. The van der Waals surface area contributed by atoms with Crippen LogP contribution in [0.3, 0.4) is 0 Å². The molecule has 0 saturated carbocycles. The average molecular weight is 1010 g/mol. The van der Waals surface area contributed by atoms with Crippen LogP contribution < -0.4 is 25.8 Å². The van der Waals surface area contributed by atoms with Gasteiger partial charge in [-0.2, -0.15) is 5.26 Å². The topological polar surface area (TPSA) is 200 Å². The zero-order chi connectivity index (χ0) is 51.8. The third-order valence-electron chi connectivity index (χ3n) is 10.5. The van der Waals surface area contributed by atoms with Gasteiger partial charge in [-0.25, -0.2) is 4.67 Å². The minimum absolute atomic E-state index is 0.0886. The summed E-state index contributed by atoms with van der Waals surface area (Å²) in [4.78, 5) is 40.8. The molecule has 0 radical (unpaired) electrons. The number of rotatable bonds is 42. The Morgan fingerprint density at radius 2 is 1.08 bits per heavy atom. The minimum Gasteiger partial charge on any atom is -0.436 e. The van der Waals surface area contributed by atoms with Gasteiger partial charge in [0, 0.05) is 55.7 Å². The van der Waals surface area contributed by atoms with Crippen LogP contribution in [0.1, 0.15) is 83.0 Å². The predicted octanol–water partition coefficient (Wildman–Crippen LogP) is 5.64. The van der Waals surface area contributed by atoms with Gasteiger partial charge in [-0.05, 0) is 95.3 Å². The Balaban J connectivity index is 2.27. The van der Waals surface area contributed by atoms with E-state index in [-0.39, 0.29) is 115 Å². The molecule has 0 heterocycles. The smallest absolute Gasteiger partial charge is 0.321 e. The van der Waals surface area contributed by atoms with E-state index >= 15 is 0 Å². The van der Waals surface area contributed by atoms with Crippen LogP contribution in [0.5, 0.6) is 5.75 Å². The molecule has 4 N–H and O–H groups in total. The Hall–Kier alpha value is -5.11. The van der Waals surface area contributed by atoms with Crippen molar-refractivity contribution in [2.75, 3.05) is 112 Å². The molecule has 0 aliphatic carbocycles. The summed E-state index contributed by atoms with van der Waals surface area (Å²) in [5.74, 6) is 7.09. The molecule has 0 aromatic heterocycles. The highest BCUT2D eigenvalue weighted by Crippen LogP contribution is 2.46. The van der Waals surface area contributed by atoms with Crippen LogP contribution in [0.4, 0.5) is 0 Å². The van der Waals surface area contributed by atoms with Crippen LogP contribution in [0.15, 0.2) is 48.5 Å². The Morgan fingerprint density at radius 1 is 0.620 bits per heavy atom. The highest BCUT2D eigenvalue weighted by molar-refractivity contribution is 7.45. The molecular formula is C53H77N6O11P. The van der Waals surface area contributed by atoms with Crippen LogP contribution >= 0.6 is 8.53 Å². The number of terminal acetylenes is 3. The minimum atomic E-state index is -1.47. The summed E-state index contributed by atoms with van der Waals surface area (Å²) in [6.07, 6.45) is 17.7. The first-order valence-electron chi connectivity index (χ1n) is 24.3. The standard InChI is InChI=1S/C53H77N6O11P/c1-8-31-63-38-41-66-35-28-55-27-11-23-53(24-21-50(60)56-29-36-67-42-39-64-32-9-2,25-22-51(61)57-30-37-68-43-40-65-33-10-3)58-52(62)48-15-13-46(14-16-48)47-17-19-49(20-18-47)70-71(69-34-12-26-54)59(44(4)5)45(6)7/h1-3,13-20,44-45,55H,11-12,21-25,27-43H2,4-7H3,(H,56,60)(H,57,61)(H,58,62). The van der Waals surface area contributed by atoms with Gasteiger partial charge >= 0.3 is 8.53 Å². The first-order chi connectivity index (χ1) is 34.5. The predicted molar refractivity (Wildman–Crippen MR) is 276 cm³/mol. The van der Waals surface area contributed by atoms with Gasteiger partial charge < -0.3 is 58.7 Å². The lowest BCUT2D eigenvalue weighted by atomic mass is 9.83. The summed E-state index contributed by atoms with van der Waals surface area (Å²) < 4.78 is 47.0. The Kier molecular flexibility index (Phi) is 34.5. The third kappa shape index (κ3) is 28.5. The fraction of sp³-hybridized carbons (Fsp3) is 0.585. The molecule has 0 aliphatic heterocycles. The first kappa shape index (κ1) is 62.0. The van der Waals surface area contributed by atoms with E-state index in [9.17, 15) is 14.4 Å². The average Bonchev–Trinajstić information content (AvgIpc) is 3.36. The molecule has 2 rings (SSSR count). The second-order valence-electron chi connectivity index (χ2n) is 16.6. The zero-order valence-corrected chi connectivity index (χ0v) is 43.2. The van der Waals surface area contributed by atoms with E-state index in [1.54, 1.807) is 12.1 Å². The van der Waals surface area contributed by atoms with Crippen LogP contribution in [0.25, 0.3) is 11.1 Å². The van der Waals surface area contributed by atoms with Crippen molar-refractivity contribution in [1.82, 2.24) is 25.9 Å². The first-order valence-corrected chi connectivity index (χ1v) is 25.4. The molecule has 18 heteroatoms. The summed E-state index contributed by atoms with van der Waals surface area (Å²) >= 11 is 0. The highest BCUT2D eigenvalue weighted by atomic mass is 31.2. The number of hydrogen-bond donors (Lipinski definition) is 4. The van der Waals surface area contributed by atoms with E-state index in [0.717, 1.165) is 11.1 Å². The van der Waals surface area contributed by atoms with Gasteiger partial charge in [0.2, 0.25) is 11.8 Å². The summed E-state index contributed by atoms with van der Waals surface area (Å²) in [7, 11) is -1.47. The molecule has 1 unspecified atom stereocenters. The van der Waals surface area contributed by atoms with Gasteiger partial charge in [0.25, 0.3) is 5.91 Å². The van der Waals surface area contributed by atoms with Crippen molar-refractivity contribution in [3.8, 4) is 60.0 Å². The number of hydrogen-bond acceptors (Lipinski definition) is 14. The van der Waals surface area contributed by atoms with E-state index in [1.165, 1.54) is 0 Å². The maximum atomic E-state index is 14.3. The Labute approximate surface area is 424 Å². The third-order valence-corrected chi connectivity index (χ3v) is 12.5. The molecule has 1 atom stereocenters. The molecule has 71 heavy (non-hydrogen) atoms. The quantitative estimate of drug-likeness (QED) is 0.0362. The molecular weight excluding hydrogens is 928 g/mol. The van der Waals surface area contributed by atoms with Crippen LogP contribution in [-0.4, -0.2) is 152 Å². The number of ether oxygens (including phenoxy) is 6. The van der Waals surface area contributed by atoms with Crippen molar-refractivity contribution >= 4 is 26.2 Å². The molecule has 0 fully saturated rings. The van der Waals surface area contributed by atoms with Crippen molar-refractivity contribution in [2.24, 2.45) is 0 Å². The number of nitriles is 1. The van der Waals surface area contributed by atoms with Gasteiger partial charge in [0.1, 0.15) is 25.6 Å². The molecule has 2 aromatic rings. The van der Waals surface area contributed by atoms with Crippen LogP contribution in [0.2, 0.25) is 0 Å². The van der Waals surface area contributed by atoms with Crippen molar-refractivity contribution < 1.29 is 51.9 Å². The fourth-order valence-electron chi connectivity index (χ4n) is 7.05. The van der Waals surface area contributed by atoms with E-state index in [1.807, 2.05) is 36.4 Å². The largest absolute Gasteiger partial charge is 0.436 e. The van der Waals surface area contributed by atoms with Crippen molar-refractivity contribution in [1.29, 1.82) is 5.26 Å². The van der Waals surface area contributed by atoms with Crippen molar-refractivity contribution in [3.63, 3.8) is 0 Å².